The number of piperidine rings is 1. The highest BCUT2D eigenvalue weighted by Gasteiger charge is 2.49. The maximum absolute atomic E-state index is 14.5. The summed E-state index contributed by atoms with van der Waals surface area (Å²) in [4.78, 5) is 99.4. The van der Waals surface area contributed by atoms with Crippen molar-refractivity contribution >= 4 is 41.9 Å². The van der Waals surface area contributed by atoms with E-state index >= 15 is 0 Å². The Labute approximate surface area is 425 Å². The van der Waals surface area contributed by atoms with Gasteiger partial charge in [-0.15, -0.1) is 0 Å². The zero-order chi connectivity index (χ0) is 52.5. The first-order valence-corrected chi connectivity index (χ1v) is 25.3. The monoisotopic (exact) mass is 996 g/mol. The first-order valence-electron chi connectivity index (χ1n) is 25.3. The van der Waals surface area contributed by atoms with Gasteiger partial charge in [-0.3, -0.25) is 19.2 Å². The molecule has 7 amide bonds. The molecule has 72 heavy (non-hydrogen) atoms. The number of carbonyl (C=O) groups is 7. The summed E-state index contributed by atoms with van der Waals surface area (Å²) in [5, 5.41) is 14.2. The summed E-state index contributed by atoms with van der Waals surface area (Å²) in [7, 11) is 0. The Morgan fingerprint density at radius 1 is 0.569 bits per heavy atom. The smallest absolute Gasteiger partial charge is 0.410 e. The standard InChI is InChI=1S/C55H77N7O10/c1-38(2)32-43(58-47(64)44(33-39-20-12-9-13-21-39)59-48(65)45(34-40-22-14-10-15-23-40)60-51(68)72-54(6,7)8)46(63)57-42(26-18-19-29-56-50(67)71-53(3,4)5)49(66)62-36-55(37-62)27-30-61(31-28-55)52(69)70-35-41-24-16-11-17-25-41/h9-17,20-25,38,42-45H,18-19,26-37H2,1-8H3,(H,56,67)(H,57,63)(H,58,64)(H,59,65)(H,60,68). The van der Waals surface area contributed by atoms with Crippen molar-refractivity contribution in [2.24, 2.45) is 11.3 Å². The number of alkyl carbamates (subject to hydrolysis) is 2. The molecule has 0 radical (unpaired) electrons. The summed E-state index contributed by atoms with van der Waals surface area (Å²) in [6.45, 7) is 16.7. The lowest BCUT2D eigenvalue weighted by atomic mass is 9.71. The molecule has 5 N–H and O–H groups in total. The minimum atomic E-state index is -1.18. The largest absolute Gasteiger partial charge is 0.445 e. The van der Waals surface area contributed by atoms with Gasteiger partial charge >= 0.3 is 18.3 Å². The summed E-state index contributed by atoms with van der Waals surface area (Å²) in [5.41, 5.74) is 0.746. The van der Waals surface area contributed by atoms with Gasteiger partial charge in [0.05, 0.1) is 0 Å². The number of amides is 7. The molecular weight excluding hydrogens is 919 g/mol. The molecule has 17 heteroatoms. The Morgan fingerprint density at radius 2 is 1.03 bits per heavy atom. The molecule has 0 aromatic heterocycles. The van der Waals surface area contributed by atoms with E-state index in [1.807, 2.05) is 105 Å². The van der Waals surface area contributed by atoms with Crippen molar-refractivity contribution in [2.75, 3.05) is 32.7 Å². The zero-order valence-electron chi connectivity index (χ0n) is 43.4. The highest BCUT2D eigenvalue weighted by molar-refractivity contribution is 5.95. The third kappa shape index (κ3) is 18.8. The molecule has 2 fully saturated rings. The third-order valence-electron chi connectivity index (χ3n) is 12.4. The number of rotatable bonds is 21. The topological polar surface area (TPSA) is 214 Å². The van der Waals surface area contributed by atoms with Crippen LogP contribution in [0.2, 0.25) is 0 Å². The normalized spacial score (nSPS) is 16.0. The molecule has 17 nitrogen and oxygen atoms in total. The van der Waals surface area contributed by atoms with E-state index in [1.54, 1.807) is 51.3 Å². The first kappa shape index (κ1) is 56.3. The van der Waals surface area contributed by atoms with Gasteiger partial charge in [-0.2, -0.15) is 0 Å². The van der Waals surface area contributed by atoms with Crippen molar-refractivity contribution < 1.29 is 47.8 Å². The molecule has 0 aliphatic carbocycles. The number of ether oxygens (including phenoxy) is 3. The Bertz CT molecular complexity index is 2250. The molecule has 2 aliphatic rings. The second-order valence-electron chi connectivity index (χ2n) is 21.5. The minimum absolute atomic E-state index is 0.0682. The molecule has 0 bridgehead atoms. The number of benzene rings is 3. The van der Waals surface area contributed by atoms with Crippen LogP contribution in [0.4, 0.5) is 14.4 Å². The van der Waals surface area contributed by atoms with Gasteiger partial charge in [-0.1, -0.05) is 105 Å². The molecule has 3 aromatic rings. The summed E-state index contributed by atoms with van der Waals surface area (Å²) in [5.74, 6) is -2.14. The first-order chi connectivity index (χ1) is 34.1. The number of nitrogens with zero attached hydrogens (tertiary/aromatic N) is 2. The number of hydrogen-bond acceptors (Lipinski definition) is 10. The van der Waals surface area contributed by atoms with E-state index in [9.17, 15) is 33.6 Å². The van der Waals surface area contributed by atoms with Crippen molar-refractivity contribution in [3.8, 4) is 0 Å². The third-order valence-corrected chi connectivity index (χ3v) is 12.4. The van der Waals surface area contributed by atoms with Crippen LogP contribution in [-0.2, 0) is 52.8 Å². The summed E-state index contributed by atoms with van der Waals surface area (Å²) in [6, 6.07) is 23.4. The molecule has 2 saturated heterocycles. The highest BCUT2D eigenvalue weighted by Crippen LogP contribution is 2.41. The van der Waals surface area contributed by atoms with Gasteiger partial charge in [0.1, 0.15) is 42.0 Å². The van der Waals surface area contributed by atoms with Gasteiger partial charge < -0.3 is 50.6 Å². The van der Waals surface area contributed by atoms with E-state index in [2.05, 4.69) is 26.6 Å². The summed E-state index contributed by atoms with van der Waals surface area (Å²) >= 11 is 0. The van der Waals surface area contributed by atoms with Crippen molar-refractivity contribution in [3.63, 3.8) is 0 Å². The zero-order valence-corrected chi connectivity index (χ0v) is 43.4. The maximum Gasteiger partial charge on any atom is 0.410 e. The molecule has 2 heterocycles. The van der Waals surface area contributed by atoms with Crippen LogP contribution in [0.1, 0.15) is 111 Å². The summed E-state index contributed by atoms with van der Waals surface area (Å²) < 4.78 is 16.4. The Balaban J connectivity index is 1.29. The van der Waals surface area contributed by atoms with Gasteiger partial charge in [-0.05, 0) is 103 Å². The minimum Gasteiger partial charge on any atom is -0.445 e. The molecule has 4 atom stereocenters. The van der Waals surface area contributed by atoms with Gasteiger partial charge in [-0.25, -0.2) is 14.4 Å². The fourth-order valence-electron chi connectivity index (χ4n) is 8.75. The number of likely N-dealkylation sites (tertiary alicyclic amines) is 2. The van der Waals surface area contributed by atoms with E-state index in [0.29, 0.717) is 58.4 Å². The van der Waals surface area contributed by atoms with Crippen LogP contribution in [-0.4, -0.2) is 120 Å². The van der Waals surface area contributed by atoms with Gasteiger partial charge in [0.2, 0.25) is 23.6 Å². The van der Waals surface area contributed by atoms with Crippen LogP contribution in [0.3, 0.4) is 0 Å². The molecule has 4 unspecified atom stereocenters. The second kappa shape index (κ2) is 26.2. The highest BCUT2D eigenvalue weighted by atomic mass is 16.6. The average molecular weight is 996 g/mol. The number of carbonyl (C=O) groups excluding carboxylic acids is 7. The number of nitrogens with one attached hydrogen (secondary N) is 5. The predicted octanol–water partition coefficient (Wildman–Crippen LogP) is 6.82. The van der Waals surface area contributed by atoms with Gasteiger partial charge in [0.15, 0.2) is 0 Å². The van der Waals surface area contributed by atoms with E-state index in [-0.39, 0.29) is 55.6 Å². The Hall–Kier alpha value is -6.65. The van der Waals surface area contributed by atoms with Crippen LogP contribution in [0.5, 0.6) is 0 Å². The van der Waals surface area contributed by atoms with Gasteiger partial charge in [0.25, 0.3) is 0 Å². The molecule has 2 aliphatic heterocycles. The quantitative estimate of drug-likeness (QED) is 0.0555. The Morgan fingerprint density at radius 3 is 1.54 bits per heavy atom. The lowest BCUT2D eigenvalue weighted by Gasteiger charge is -2.54. The summed E-state index contributed by atoms with van der Waals surface area (Å²) in [6.07, 6.45) is 1.29. The fraction of sp³-hybridized carbons (Fsp3) is 0.545. The van der Waals surface area contributed by atoms with Crippen LogP contribution in [0, 0.1) is 11.3 Å². The van der Waals surface area contributed by atoms with Crippen LogP contribution < -0.4 is 26.6 Å². The molecule has 392 valence electrons. The second-order valence-corrected chi connectivity index (χ2v) is 21.5. The molecule has 5 rings (SSSR count). The average Bonchev–Trinajstić information content (AvgIpc) is 3.30. The maximum atomic E-state index is 14.5. The Kier molecular flexibility index (Phi) is 20.4. The van der Waals surface area contributed by atoms with E-state index in [0.717, 1.165) is 16.7 Å². The lowest BCUT2D eigenvalue weighted by Crippen LogP contribution is -2.65. The van der Waals surface area contributed by atoms with E-state index < -0.39 is 65.3 Å². The SMILES string of the molecule is CC(C)CC(NC(=O)C(Cc1ccccc1)NC(=O)C(Cc1ccccc1)NC(=O)OC(C)(C)C)C(=O)NC(CCCCNC(=O)OC(C)(C)C)C(=O)N1CC2(CCN(C(=O)OCc3ccccc3)CC2)C1. The molecular formula is C55H77N7O10. The molecule has 3 aromatic carbocycles. The van der Waals surface area contributed by atoms with Crippen LogP contribution >= 0.6 is 0 Å². The van der Waals surface area contributed by atoms with E-state index in [1.165, 1.54) is 0 Å². The van der Waals surface area contributed by atoms with Crippen molar-refractivity contribution in [2.45, 2.75) is 149 Å². The van der Waals surface area contributed by atoms with E-state index in [4.69, 9.17) is 14.2 Å². The molecule has 0 saturated carbocycles. The van der Waals surface area contributed by atoms with Crippen molar-refractivity contribution in [1.29, 1.82) is 0 Å². The van der Waals surface area contributed by atoms with Crippen molar-refractivity contribution in [1.82, 2.24) is 36.4 Å². The number of unbranched alkanes of at least 4 members (excludes halogenated alkanes) is 1. The predicted molar refractivity (Wildman–Crippen MR) is 273 cm³/mol. The van der Waals surface area contributed by atoms with Crippen LogP contribution in [0.25, 0.3) is 0 Å². The number of hydrogen-bond donors (Lipinski definition) is 5. The van der Waals surface area contributed by atoms with Crippen LogP contribution in [0.15, 0.2) is 91.0 Å². The van der Waals surface area contributed by atoms with Gasteiger partial charge in [0, 0.05) is 51.0 Å². The fourth-order valence-corrected chi connectivity index (χ4v) is 8.75. The van der Waals surface area contributed by atoms with Crippen molar-refractivity contribution in [3.05, 3.63) is 108 Å². The lowest BCUT2D eigenvalue weighted by molar-refractivity contribution is -0.150. The molecule has 1 spiro atoms.